The standard InChI is InChI=1S/C9H11NO2/c1-8(10(11)12)7-9-5-3-2-4-6-9/h2-6H,7H2,1H3,(H,11,12). The summed E-state index contributed by atoms with van der Waals surface area (Å²) in [6.45, 7) is 1.60. The molecule has 0 saturated carbocycles. The van der Waals surface area contributed by atoms with E-state index in [1.807, 2.05) is 30.3 Å². The van der Waals surface area contributed by atoms with E-state index in [0.29, 0.717) is 12.1 Å². The van der Waals surface area contributed by atoms with E-state index in [0.717, 1.165) is 5.56 Å². The van der Waals surface area contributed by atoms with Crippen LogP contribution in [0.15, 0.2) is 30.3 Å². The highest BCUT2D eigenvalue weighted by molar-refractivity contribution is 5.79. The molecule has 0 aliphatic heterocycles. The molecule has 0 heterocycles. The van der Waals surface area contributed by atoms with Crippen LogP contribution in [0.1, 0.15) is 12.5 Å². The zero-order valence-electron chi connectivity index (χ0n) is 6.90. The molecule has 0 aliphatic carbocycles. The molecule has 0 bridgehead atoms. The molecular weight excluding hydrogens is 154 g/mol. The van der Waals surface area contributed by atoms with Crippen molar-refractivity contribution in [3.8, 4) is 0 Å². The lowest BCUT2D eigenvalue weighted by Gasteiger charge is -1.97. The molecule has 1 aromatic rings. The van der Waals surface area contributed by atoms with E-state index in [4.69, 9.17) is 5.21 Å². The first-order valence-electron chi connectivity index (χ1n) is 3.72. The van der Waals surface area contributed by atoms with Crippen molar-refractivity contribution < 1.29 is 10.1 Å². The predicted octanol–water partition coefficient (Wildman–Crippen LogP) is 1.59. The Morgan fingerprint density at radius 1 is 1.42 bits per heavy atom. The Balaban J connectivity index is 2.72. The quantitative estimate of drug-likeness (QED) is 0.313. The molecule has 3 heteroatoms. The number of hydrogen-bond acceptors (Lipinski definition) is 2. The molecule has 0 aliphatic rings. The Bertz CT molecular complexity index is 276. The molecule has 0 atom stereocenters. The van der Waals surface area contributed by atoms with Crippen LogP contribution in [0.5, 0.6) is 0 Å². The van der Waals surface area contributed by atoms with Crippen LogP contribution in [0.3, 0.4) is 0 Å². The predicted molar refractivity (Wildman–Crippen MR) is 46.2 cm³/mol. The van der Waals surface area contributed by atoms with Crippen LogP contribution >= 0.6 is 0 Å². The van der Waals surface area contributed by atoms with Gasteiger partial charge in [0.25, 0.3) is 0 Å². The minimum atomic E-state index is -0.0903. The van der Waals surface area contributed by atoms with E-state index in [2.05, 4.69) is 0 Å². The van der Waals surface area contributed by atoms with Gasteiger partial charge in [-0.3, -0.25) is 5.21 Å². The van der Waals surface area contributed by atoms with Crippen LogP contribution < -0.4 is 0 Å². The highest BCUT2D eigenvalue weighted by Gasteiger charge is 2.03. The summed E-state index contributed by atoms with van der Waals surface area (Å²) in [5.74, 6) is 0. The van der Waals surface area contributed by atoms with E-state index in [1.54, 1.807) is 6.92 Å². The molecular formula is C9H11NO2. The van der Waals surface area contributed by atoms with Gasteiger partial charge in [0.2, 0.25) is 5.71 Å². The largest absolute Gasteiger partial charge is 0.418 e. The van der Waals surface area contributed by atoms with Gasteiger partial charge < -0.3 is 5.21 Å². The normalized spacial score (nSPS) is 12.4. The first kappa shape index (κ1) is 8.59. The van der Waals surface area contributed by atoms with E-state index in [9.17, 15) is 5.21 Å². The highest BCUT2D eigenvalue weighted by atomic mass is 16.8. The van der Waals surface area contributed by atoms with Crippen LogP contribution in [0.2, 0.25) is 0 Å². The SMILES string of the molecule is CC(Cc1ccccc1)=[N+]([O-])O. The molecule has 0 unspecified atom stereocenters. The zero-order chi connectivity index (χ0) is 8.97. The molecule has 0 fully saturated rings. The minimum absolute atomic E-state index is 0.0903. The third kappa shape index (κ3) is 2.27. The third-order valence-corrected chi connectivity index (χ3v) is 1.63. The maximum absolute atomic E-state index is 10.4. The Labute approximate surface area is 71.1 Å². The molecule has 12 heavy (non-hydrogen) atoms. The molecule has 1 rings (SSSR count). The fraction of sp³-hybridized carbons (Fsp3) is 0.222. The van der Waals surface area contributed by atoms with Gasteiger partial charge in [-0.25, -0.2) is 0 Å². The van der Waals surface area contributed by atoms with Crippen molar-refractivity contribution >= 4 is 5.71 Å². The second-order valence-electron chi connectivity index (χ2n) is 2.67. The van der Waals surface area contributed by atoms with Gasteiger partial charge in [-0.05, 0) is 5.56 Å². The van der Waals surface area contributed by atoms with E-state index < -0.39 is 0 Å². The summed E-state index contributed by atoms with van der Waals surface area (Å²) in [5.41, 5.74) is 1.41. The maximum Gasteiger partial charge on any atom is 0.222 e. The van der Waals surface area contributed by atoms with Crippen LogP contribution in [0.25, 0.3) is 0 Å². The van der Waals surface area contributed by atoms with Crippen molar-refractivity contribution in [2.45, 2.75) is 13.3 Å². The van der Waals surface area contributed by atoms with Gasteiger partial charge in [0.1, 0.15) is 0 Å². The lowest BCUT2D eigenvalue weighted by molar-refractivity contribution is -0.727. The molecule has 3 nitrogen and oxygen atoms in total. The van der Waals surface area contributed by atoms with Gasteiger partial charge in [0.15, 0.2) is 0 Å². The van der Waals surface area contributed by atoms with Crippen molar-refractivity contribution in [1.29, 1.82) is 0 Å². The molecule has 1 aromatic carbocycles. The fourth-order valence-corrected chi connectivity index (χ4v) is 0.959. The summed E-state index contributed by atoms with van der Waals surface area (Å²) in [5, 5.41) is 18.9. The van der Waals surface area contributed by atoms with Crippen LogP contribution in [-0.2, 0) is 6.42 Å². The second-order valence-corrected chi connectivity index (χ2v) is 2.67. The third-order valence-electron chi connectivity index (χ3n) is 1.63. The first-order chi connectivity index (χ1) is 5.70. The molecule has 0 aromatic heterocycles. The Hall–Kier alpha value is -1.51. The van der Waals surface area contributed by atoms with Crippen LogP contribution in [-0.4, -0.2) is 15.8 Å². The van der Waals surface area contributed by atoms with Crippen LogP contribution in [0.4, 0.5) is 0 Å². The van der Waals surface area contributed by atoms with Crippen molar-refractivity contribution in [1.82, 2.24) is 0 Å². The Morgan fingerprint density at radius 2 is 2.00 bits per heavy atom. The number of hydrogen-bond donors (Lipinski definition) is 1. The monoisotopic (exact) mass is 165 g/mol. The zero-order valence-corrected chi connectivity index (χ0v) is 6.90. The fourth-order valence-electron chi connectivity index (χ4n) is 0.959. The molecule has 1 N–H and O–H groups in total. The summed E-state index contributed by atoms with van der Waals surface area (Å²) in [6.07, 6.45) is 0.487. The van der Waals surface area contributed by atoms with Gasteiger partial charge >= 0.3 is 0 Å². The summed E-state index contributed by atoms with van der Waals surface area (Å²) in [7, 11) is 0. The summed E-state index contributed by atoms with van der Waals surface area (Å²) in [4.78, 5) is -0.0903. The highest BCUT2D eigenvalue weighted by Crippen LogP contribution is 2.00. The Kier molecular flexibility index (Phi) is 2.69. The molecule has 0 amide bonds. The van der Waals surface area contributed by atoms with Gasteiger partial charge in [-0.2, -0.15) is 0 Å². The summed E-state index contributed by atoms with van der Waals surface area (Å²) < 4.78 is 0. The van der Waals surface area contributed by atoms with Crippen molar-refractivity contribution in [3.05, 3.63) is 41.1 Å². The van der Waals surface area contributed by atoms with Crippen molar-refractivity contribution in [3.63, 3.8) is 0 Å². The smallest absolute Gasteiger partial charge is 0.222 e. The first-order valence-corrected chi connectivity index (χ1v) is 3.72. The number of benzene rings is 1. The van der Waals surface area contributed by atoms with Crippen molar-refractivity contribution in [2.24, 2.45) is 0 Å². The lowest BCUT2D eigenvalue weighted by atomic mass is 10.1. The molecule has 0 saturated heterocycles. The molecule has 64 valence electrons. The van der Waals surface area contributed by atoms with Crippen LogP contribution in [0, 0.1) is 5.21 Å². The van der Waals surface area contributed by atoms with Crippen molar-refractivity contribution in [2.75, 3.05) is 0 Å². The van der Waals surface area contributed by atoms with E-state index >= 15 is 0 Å². The minimum Gasteiger partial charge on any atom is -0.418 e. The maximum atomic E-state index is 10.4. The van der Waals surface area contributed by atoms with Gasteiger partial charge in [0.05, 0.1) is 6.42 Å². The number of rotatable bonds is 2. The molecule has 0 radical (unpaired) electrons. The second kappa shape index (κ2) is 3.76. The average Bonchev–Trinajstić information content (AvgIpc) is 2.06. The van der Waals surface area contributed by atoms with E-state index in [-0.39, 0.29) is 4.90 Å². The number of nitrogens with zero attached hydrogens (tertiary/aromatic N) is 1. The van der Waals surface area contributed by atoms with Gasteiger partial charge in [-0.1, -0.05) is 30.3 Å². The average molecular weight is 165 g/mol. The lowest BCUT2D eigenvalue weighted by Crippen LogP contribution is -2.10. The topological polar surface area (TPSA) is 46.3 Å². The van der Waals surface area contributed by atoms with E-state index in [1.165, 1.54) is 0 Å². The van der Waals surface area contributed by atoms with Gasteiger partial charge in [0, 0.05) is 11.8 Å². The Morgan fingerprint density at radius 3 is 2.50 bits per heavy atom. The summed E-state index contributed by atoms with van der Waals surface area (Å²) >= 11 is 0. The summed E-state index contributed by atoms with van der Waals surface area (Å²) in [6, 6.07) is 9.52. The molecule has 0 spiro atoms. The van der Waals surface area contributed by atoms with Gasteiger partial charge in [-0.15, -0.1) is 0 Å².